The van der Waals surface area contributed by atoms with E-state index in [-0.39, 0.29) is 5.97 Å². The highest BCUT2D eigenvalue weighted by molar-refractivity contribution is 5.95. The van der Waals surface area contributed by atoms with Gasteiger partial charge in [-0.25, -0.2) is 4.79 Å². The predicted molar refractivity (Wildman–Crippen MR) is 51.9 cm³/mol. The van der Waals surface area contributed by atoms with E-state index >= 15 is 0 Å². The number of methoxy groups -OCH3 is 1. The van der Waals surface area contributed by atoms with Gasteiger partial charge in [0, 0.05) is 12.2 Å². The minimum Gasteiger partial charge on any atom is -0.465 e. The molecule has 0 aliphatic carbocycles. The maximum atomic E-state index is 11.2. The fourth-order valence-electron chi connectivity index (χ4n) is 1.12. The van der Waals surface area contributed by atoms with Crippen molar-refractivity contribution in [2.24, 2.45) is 0 Å². The average molecular weight is 179 g/mol. The third kappa shape index (κ3) is 2.21. The maximum absolute atomic E-state index is 11.2. The Morgan fingerprint density at radius 1 is 1.46 bits per heavy atom. The van der Waals surface area contributed by atoms with Crippen LogP contribution in [0.1, 0.15) is 17.3 Å². The molecule has 0 fully saturated rings. The molecule has 1 aromatic carbocycles. The van der Waals surface area contributed by atoms with Crippen LogP contribution in [0.15, 0.2) is 24.3 Å². The van der Waals surface area contributed by atoms with E-state index in [0.717, 1.165) is 12.2 Å². The summed E-state index contributed by atoms with van der Waals surface area (Å²) < 4.78 is 4.64. The van der Waals surface area contributed by atoms with Crippen LogP contribution in [0.5, 0.6) is 0 Å². The van der Waals surface area contributed by atoms with E-state index in [1.54, 1.807) is 6.07 Å². The van der Waals surface area contributed by atoms with Gasteiger partial charge < -0.3 is 10.1 Å². The second-order valence-corrected chi connectivity index (χ2v) is 2.57. The fourth-order valence-corrected chi connectivity index (χ4v) is 1.12. The number of ether oxygens (including phenoxy) is 1. The Labute approximate surface area is 77.7 Å². The van der Waals surface area contributed by atoms with Gasteiger partial charge in [-0.3, -0.25) is 0 Å². The van der Waals surface area contributed by atoms with Crippen molar-refractivity contribution in [2.45, 2.75) is 6.92 Å². The fraction of sp³-hybridized carbons (Fsp3) is 0.300. The first-order valence-electron chi connectivity index (χ1n) is 4.20. The molecule has 0 atom stereocenters. The minimum atomic E-state index is -0.309. The molecule has 0 aromatic heterocycles. The van der Waals surface area contributed by atoms with Gasteiger partial charge in [0.15, 0.2) is 0 Å². The number of rotatable bonds is 3. The summed E-state index contributed by atoms with van der Waals surface area (Å²) in [5, 5.41) is 3.09. The van der Waals surface area contributed by atoms with E-state index < -0.39 is 0 Å². The van der Waals surface area contributed by atoms with Gasteiger partial charge in [0.2, 0.25) is 0 Å². The van der Waals surface area contributed by atoms with Crippen molar-refractivity contribution in [3.8, 4) is 0 Å². The lowest BCUT2D eigenvalue weighted by Crippen LogP contribution is -2.07. The summed E-state index contributed by atoms with van der Waals surface area (Å²) in [5.41, 5.74) is 1.39. The van der Waals surface area contributed by atoms with E-state index in [1.807, 2.05) is 25.1 Å². The maximum Gasteiger partial charge on any atom is 0.339 e. The number of carbonyl (C=O) groups excluding carboxylic acids is 1. The van der Waals surface area contributed by atoms with E-state index in [0.29, 0.717) is 5.56 Å². The lowest BCUT2D eigenvalue weighted by atomic mass is 10.2. The number of nitrogens with one attached hydrogen (secondary N) is 1. The number of esters is 1. The van der Waals surface area contributed by atoms with Gasteiger partial charge in [-0.05, 0) is 19.1 Å². The molecule has 0 aliphatic heterocycles. The monoisotopic (exact) mass is 179 g/mol. The Bertz CT molecular complexity index is 297. The summed E-state index contributed by atoms with van der Waals surface area (Å²) in [4.78, 5) is 11.2. The molecular formula is C10H13NO2. The molecule has 3 nitrogen and oxygen atoms in total. The summed E-state index contributed by atoms with van der Waals surface area (Å²) in [7, 11) is 1.38. The molecule has 13 heavy (non-hydrogen) atoms. The van der Waals surface area contributed by atoms with E-state index in [4.69, 9.17) is 0 Å². The zero-order valence-electron chi connectivity index (χ0n) is 7.83. The highest BCUT2D eigenvalue weighted by Gasteiger charge is 2.09. The van der Waals surface area contributed by atoms with Gasteiger partial charge in [-0.15, -0.1) is 0 Å². The molecule has 3 heteroatoms. The Morgan fingerprint density at radius 2 is 2.15 bits per heavy atom. The van der Waals surface area contributed by atoms with Crippen molar-refractivity contribution in [1.82, 2.24) is 0 Å². The second kappa shape index (κ2) is 4.50. The van der Waals surface area contributed by atoms with Crippen LogP contribution in [0.25, 0.3) is 0 Å². The zero-order chi connectivity index (χ0) is 9.68. The Kier molecular flexibility index (Phi) is 3.31. The highest BCUT2D eigenvalue weighted by atomic mass is 16.5. The smallest absolute Gasteiger partial charge is 0.339 e. The van der Waals surface area contributed by atoms with Crippen molar-refractivity contribution < 1.29 is 9.53 Å². The first-order valence-corrected chi connectivity index (χ1v) is 4.20. The average Bonchev–Trinajstić information content (AvgIpc) is 2.18. The van der Waals surface area contributed by atoms with Crippen molar-refractivity contribution in [3.05, 3.63) is 29.8 Å². The van der Waals surface area contributed by atoms with Crippen LogP contribution in [0.2, 0.25) is 0 Å². The second-order valence-electron chi connectivity index (χ2n) is 2.57. The summed E-state index contributed by atoms with van der Waals surface area (Å²) in [5.74, 6) is -0.309. The van der Waals surface area contributed by atoms with Crippen LogP contribution >= 0.6 is 0 Å². The summed E-state index contributed by atoms with van der Waals surface area (Å²) in [6, 6.07) is 7.29. The van der Waals surface area contributed by atoms with E-state index in [1.165, 1.54) is 7.11 Å². The zero-order valence-corrected chi connectivity index (χ0v) is 7.83. The standard InChI is InChI=1S/C10H13NO2/c1-3-11-9-7-5-4-6-8(9)10(12)13-2/h4-7,11H,3H2,1-2H3. The molecule has 70 valence electrons. The molecule has 0 aliphatic rings. The van der Waals surface area contributed by atoms with Crippen molar-refractivity contribution in [3.63, 3.8) is 0 Å². The summed E-state index contributed by atoms with van der Waals surface area (Å²) in [6.07, 6.45) is 0. The summed E-state index contributed by atoms with van der Waals surface area (Å²) in [6.45, 7) is 2.77. The Hall–Kier alpha value is -1.51. The molecule has 1 aromatic rings. The Balaban J connectivity index is 2.97. The largest absolute Gasteiger partial charge is 0.465 e. The molecule has 1 rings (SSSR count). The Morgan fingerprint density at radius 3 is 2.77 bits per heavy atom. The van der Waals surface area contributed by atoms with Crippen molar-refractivity contribution in [2.75, 3.05) is 19.0 Å². The SMILES string of the molecule is CCNc1ccccc1C(=O)OC. The number of anilines is 1. The first-order chi connectivity index (χ1) is 6.29. The van der Waals surface area contributed by atoms with Crippen LogP contribution < -0.4 is 5.32 Å². The lowest BCUT2D eigenvalue weighted by Gasteiger charge is -2.07. The highest BCUT2D eigenvalue weighted by Crippen LogP contribution is 2.15. The first kappa shape index (κ1) is 9.58. The molecule has 0 saturated carbocycles. The third-order valence-electron chi connectivity index (χ3n) is 1.70. The van der Waals surface area contributed by atoms with Gasteiger partial charge in [-0.1, -0.05) is 12.1 Å². The predicted octanol–water partition coefficient (Wildman–Crippen LogP) is 1.90. The molecule has 0 unspecified atom stereocenters. The van der Waals surface area contributed by atoms with Crippen molar-refractivity contribution in [1.29, 1.82) is 0 Å². The lowest BCUT2D eigenvalue weighted by molar-refractivity contribution is 0.0602. The van der Waals surface area contributed by atoms with Crippen molar-refractivity contribution >= 4 is 11.7 Å². The van der Waals surface area contributed by atoms with Gasteiger partial charge in [0.05, 0.1) is 12.7 Å². The molecule has 1 N–H and O–H groups in total. The van der Waals surface area contributed by atoms with Crippen LogP contribution in [0.3, 0.4) is 0 Å². The molecule has 0 bridgehead atoms. The third-order valence-corrected chi connectivity index (χ3v) is 1.70. The molecule has 0 radical (unpaired) electrons. The molecular weight excluding hydrogens is 166 g/mol. The van der Waals surface area contributed by atoms with Crippen LogP contribution in [0, 0.1) is 0 Å². The number of para-hydroxylation sites is 1. The summed E-state index contributed by atoms with van der Waals surface area (Å²) >= 11 is 0. The van der Waals surface area contributed by atoms with Crippen LogP contribution in [0.4, 0.5) is 5.69 Å². The van der Waals surface area contributed by atoms with Gasteiger partial charge >= 0.3 is 5.97 Å². The van der Waals surface area contributed by atoms with Gasteiger partial charge in [0.1, 0.15) is 0 Å². The molecule has 0 spiro atoms. The van der Waals surface area contributed by atoms with E-state index in [9.17, 15) is 4.79 Å². The molecule has 0 heterocycles. The number of hydrogen-bond acceptors (Lipinski definition) is 3. The van der Waals surface area contributed by atoms with Gasteiger partial charge in [0.25, 0.3) is 0 Å². The number of carbonyl (C=O) groups is 1. The van der Waals surface area contributed by atoms with Gasteiger partial charge in [-0.2, -0.15) is 0 Å². The molecule has 0 amide bonds. The van der Waals surface area contributed by atoms with Crippen LogP contribution in [-0.2, 0) is 4.74 Å². The quantitative estimate of drug-likeness (QED) is 0.720. The minimum absolute atomic E-state index is 0.309. The topological polar surface area (TPSA) is 38.3 Å². The number of benzene rings is 1. The van der Waals surface area contributed by atoms with Crippen LogP contribution in [-0.4, -0.2) is 19.6 Å². The van der Waals surface area contributed by atoms with E-state index in [2.05, 4.69) is 10.1 Å². The molecule has 0 saturated heterocycles. The number of hydrogen-bond donors (Lipinski definition) is 1. The normalized spacial score (nSPS) is 9.38.